The summed E-state index contributed by atoms with van der Waals surface area (Å²) in [6.45, 7) is 3.39. The molecule has 0 bridgehead atoms. The highest BCUT2D eigenvalue weighted by molar-refractivity contribution is 6.31. The molecule has 0 atom stereocenters. The number of anilines is 1. The summed E-state index contributed by atoms with van der Waals surface area (Å²) >= 11 is 5.94. The van der Waals surface area contributed by atoms with Crippen molar-refractivity contribution < 1.29 is 19.2 Å². The summed E-state index contributed by atoms with van der Waals surface area (Å²) in [5.74, 6) is -0.569. The highest BCUT2D eigenvalue weighted by Crippen LogP contribution is 2.20. The Kier molecular flexibility index (Phi) is 7.34. The Bertz CT molecular complexity index is 888. The zero-order chi connectivity index (χ0) is 20.7. The number of nitrogens with zero attached hydrogens (tertiary/aromatic N) is 2. The fourth-order valence-electron chi connectivity index (χ4n) is 2.39. The molecule has 2 aromatic carbocycles. The molecular weight excluding hydrogens is 386 g/mol. The van der Waals surface area contributed by atoms with Crippen molar-refractivity contribution in [2.24, 2.45) is 0 Å². The number of likely N-dealkylation sites (N-methyl/N-ethyl adjacent to an activating group) is 1. The molecule has 28 heavy (non-hydrogen) atoms. The van der Waals surface area contributed by atoms with Gasteiger partial charge in [-0.2, -0.15) is 0 Å². The average molecular weight is 406 g/mol. The second kappa shape index (κ2) is 9.70. The number of non-ortho nitro benzene ring substituents is 1. The number of nitro benzene ring substituents is 1. The molecule has 0 aromatic heterocycles. The van der Waals surface area contributed by atoms with E-state index < -0.39 is 10.8 Å². The Morgan fingerprint density at radius 1 is 1.25 bits per heavy atom. The fraction of sp³-hybridized carbons (Fsp3) is 0.263. The number of benzene rings is 2. The molecule has 2 aromatic rings. The van der Waals surface area contributed by atoms with Crippen LogP contribution in [-0.4, -0.2) is 41.3 Å². The molecule has 8 nitrogen and oxygen atoms in total. The van der Waals surface area contributed by atoms with Gasteiger partial charge in [0.15, 0.2) is 6.61 Å². The zero-order valence-electron chi connectivity index (χ0n) is 15.5. The van der Waals surface area contributed by atoms with E-state index >= 15 is 0 Å². The van der Waals surface area contributed by atoms with Gasteiger partial charge in [0, 0.05) is 23.3 Å². The minimum atomic E-state index is -0.546. The molecule has 0 aliphatic rings. The van der Waals surface area contributed by atoms with Gasteiger partial charge < -0.3 is 15.0 Å². The lowest BCUT2D eigenvalue weighted by molar-refractivity contribution is -0.384. The molecule has 0 aliphatic carbocycles. The van der Waals surface area contributed by atoms with Gasteiger partial charge in [0.1, 0.15) is 5.75 Å². The van der Waals surface area contributed by atoms with E-state index in [2.05, 4.69) is 5.32 Å². The van der Waals surface area contributed by atoms with Gasteiger partial charge in [-0.25, -0.2) is 0 Å². The van der Waals surface area contributed by atoms with E-state index in [1.165, 1.54) is 29.2 Å². The summed E-state index contributed by atoms with van der Waals surface area (Å²) in [7, 11) is 0. The molecule has 2 rings (SSSR count). The lowest BCUT2D eigenvalue weighted by Crippen LogP contribution is -2.40. The first-order valence-corrected chi connectivity index (χ1v) is 8.89. The number of nitrogens with one attached hydrogen (secondary N) is 1. The number of halogens is 1. The van der Waals surface area contributed by atoms with Crippen molar-refractivity contribution in [1.29, 1.82) is 0 Å². The van der Waals surface area contributed by atoms with Crippen LogP contribution in [0.3, 0.4) is 0 Å². The SMILES string of the molecule is CCN(CC(=O)Nc1cc(Cl)ccc1C)C(=O)COc1cccc([N+](=O)[O-])c1. The van der Waals surface area contributed by atoms with Crippen LogP contribution in [0.1, 0.15) is 12.5 Å². The van der Waals surface area contributed by atoms with Crippen LogP contribution >= 0.6 is 11.6 Å². The van der Waals surface area contributed by atoms with Gasteiger partial charge in [0.25, 0.3) is 11.6 Å². The maximum absolute atomic E-state index is 12.3. The van der Waals surface area contributed by atoms with Crippen molar-refractivity contribution in [2.75, 3.05) is 25.0 Å². The number of hydrogen-bond donors (Lipinski definition) is 1. The largest absolute Gasteiger partial charge is 0.484 e. The summed E-state index contributed by atoms with van der Waals surface area (Å²) in [5, 5.41) is 14.0. The molecule has 0 saturated carbocycles. The highest BCUT2D eigenvalue weighted by atomic mass is 35.5. The van der Waals surface area contributed by atoms with Crippen LogP contribution in [0, 0.1) is 17.0 Å². The first kappa shape index (κ1) is 21.2. The number of rotatable bonds is 8. The zero-order valence-corrected chi connectivity index (χ0v) is 16.2. The Labute approximate surface area is 167 Å². The van der Waals surface area contributed by atoms with E-state index in [1.54, 1.807) is 25.1 Å². The Balaban J connectivity index is 1.93. The molecule has 0 radical (unpaired) electrons. The Morgan fingerprint density at radius 3 is 2.68 bits per heavy atom. The lowest BCUT2D eigenvalue weighted by Gasteiger charge is -2.21. The Hall–Kier alpha value is -3.13. The number of hydrogen-bond acceptors (Lipinski definition) is 5. The van der Waals surface area contributed by atoms with Crippen LogP contribution in [0.5, 0.6) is 5.75 Å². The predicted octanol–water partition coefficient (Wildman–Crippen LogP) is 3.42. The molecule has 1 N–H and O–H groups in total. The first-order valence-electron chi connectivity index (χ1n) is 8.51. The second-order valence-electron chi connectivity index (χ2n) is 5.96. The van der Waals surface area contributed by atoms with Crippen LogP contribution < -0.4 is 10.1 Å². The monoisotopic (exact) mass is 405 g/mol. The number of carbonyl (C=O) groups excluding carboxylic acids is 2. The third-order valence-electron chi connectivity index (χ3n) is 3.93. The number of carbonyl (C=O) groups is 2. The average Bonchev–Trinajstić information content (AvgIpc) is 2.67. The number of nitro groups is 1. The molecule has 148 valence electrons. The molecule has 0 saturated heterocycles. The minimum absolute atomic E-state index is 0.131. The Morgan fingerprint density at radius 2 is 2.00 bits per heavy atom. The van der Waals surface area contributed by atoms with Gasteiger partial charge in [-0.05, 0) is 37.6 Å². The molecule has 9 heteroatoms. The summed E-state index contributed by atoms with van der Waals surface area (Å²) in [5.41, 5.74) is 1.29. The van der Waals surface area contributed by atoms with Crippen molar-refractivity contribution >= 4 is 34.8 Å². The summed E-state index contributed by atoms with van der Waals surface area (Å²) < 4.78 is 5.33. The van der Waals surface area contributed by atoms with Gasteiger partial charge in [0.2, 0.25) is 5.91 Å². The molecule has 0 spiro atoms. The minimum Gasteiger partial charge on any atom is -0.484 e. The number of aryl methyl sites for hydroxylation is 1. The molecule has 0 unspecified atom stereocenters. The van der Waals surface area contributed by atoms with Crippen LogP contribution in [-0.2, 0) is 9.59 Å². The van der Waals surface area contributed by atoms with Crippen molar-refractivity contribution in [3.8, 4) is 5.75 Å². The standard InChI is InChI=1S/C19H20ClN3O5/c1-3-22(11-18(24)21-17-9-14(20)8-7-13(17)2)19(25)12-28-16-6-4-5-15(10-16)23(26)27/h4-10H,3,11-12H2,1-2H3,(H,21,24). The van der Waals surface area contributed by atoms with Gasteiger partial charge in [-0.15, -0.1) is 0 Å². The smallest absolute Gasteiger partial charge is 0.273 e. The molecule has 0 aliphatic heterocycles. The third-order valence-corrected chi connectivity index (χ3v) is 4.17. The first-order chi connectivity index (χ1) is 13.3. The van der Waals surface area contributed by atoms with Crippen molar-refractivity contribution in [1.82, 2.24) is 4.90 Å². The maximum Gasteiger partial charge on any atom is 0.273 e. The van der Waals surface area contributed by atoms with Crippen molar-refractivity contribution in [2.45, 2.75) is 13.8 Å². The van der Waals surface area contributed by atoms with Crippen molar-refractivity contribution in [3.05, 3.63) is 63.2 Å². The van der Waals surface area contributed by atoms with Crippen LogP contribution in [0.15, 0.2) is 42.5 Å². The van der Waals surface area contributed by atoms with Crippen LogP contribution in [0.25, 0.3) is 0 Å². The quantitative estimate of drug-likeness (QED) is 0.535. The van der Waals surface area contributed by atoms with Crippen LogP contribution in [0.4, 0.5) is 11.4 Å². The second-order valence-corrected chi connectivity index (χ2v) is 6.39. The molecular formula is C19H20ClN3O5. The molecule has 0 fully saturated rings. The van der Waals surface area contributed by atoms with E-state index in [-0.39, 0.29) is 30.5 Å². The predicted molar refractivity (Wildman–Crippen MR) is 106 cm³/mol. The maximum atomic E-state index is 12.3. The van der Waals surface area contributed by atoms with E-state index in [1.807, 2.05) is 6.92 Å². The normalized spacial score (nSPS) is 10.2. The summed E-state index contributed by atoms with van der Waals surface area (Å²) in [6, 6.07) is 10.7. The lowest BCUT2D eigenvalue weighted by atomic mass is 10.2. The topological polar surface area (TPSA) is 102 Å². The van der Waals surface area contributed by atoms with E-state index in [0.29, 0.717) is 17.3 Å². The van der Waals surface area contributed by atoms with Crippen molar-refractivity contribution in [3.63, 3.8) is 0 Å². The third kappa shape index (κ3) is 5.95. The summed E-state index contributed by atoms with van der Waals surface area (Å²) in [6.07, 6.45) is 0. The van der Waals surface area contributed by atoms with E-state index in [9.17, 15) is 19.7 Å². The van der Waals surface area contributed by atoms with E-state index in [4.69, 9.17) is 16.3 Å². The fourth-order valence-corrected chi connectivity index (χ4v) is 2.56. The van der Waals surface area contributed by atoms with Gasteiger partial charge in [0.05, 0.1) is 17.5 Å². The number of amides is 2. The molecule has 0 heterocycles. The van der Waals surface area contributed by atoms with Gasteiger partial charge >= 0.3 is 0 Å². The van der Waals surface area contributed by atoms with Gasteiger partial charge in [-0.3, -0.25) is 19.7 Å². The highest BCUT2D eigenvalue weighted by Gasteiger charge is 2.17. The molecule has 2 amide bonds. The van der Waals surface area contributed by atoms with Gasteiger partial charge in [-0.1, -0.05) is 23.7 Å². The van der Waals surface area contributed by atoms with E-state index in [0.717, 1.165) is 5.56 Å². The summed E-state index contributed by atoms with van der Waals surface area (Å²) in [4.78, 5) is 36.2. The number of ether oxygens (including phenoxy) is 1. The van der Waals surface area contributed by atoms with Crippen LogP contribution in [0.2, 0.25) is 5.02 Å².